The zero-order chi connectivity index (χ0) is 13.2. The number of carbonyl (C=O) groups excluding carboxylic acids is 1. The van der Waals surface area contributed by atoms with E-state index in [2.05, 4.69) is 11.4 Å². The lowest BCUT2D eigenvalue weighted by molar-refractivity contribution is -0.127. The van der Waals surface area contributed by atoms with Crippen LogP contribution in [-0.2, 0) is 14.6 Å². The van der Waals surface area contributed by atoms with Crippen molar-refractivity contribution in [3.05, 3.63) is 0 Å². The number of nitriles is 1. The minimum atomic E-state index is -3.03. The highest BCUT2D eigenvalue weighted by Gasteiger charge is 2.42. The van der Waals surface area contributed by atoms with Crippen molar-refractivity contribution in [2.24, 2.45) is 5.41 Å². The van der Waals surface area contributed by atoms with Gasteiger partial charge in [-0.3, -0.25) is 4.79 Å². The van der Waals surface area contributed by atoms with Crippen LogP contribution in [0, 0.1) is 16.7 Å². The standard InChI is InChI=1S/C12H18N2O3S/c13-9-12(5-1-2-6-12)11(15)14-8-10-4-3-7-18(10,16)17/h10H,1-8H2,(H,14,15). The topological polar surface area (TPSA) is 87.0 Å². The summed E-state index contributed by atoms with van der Waals surface area (Å²) in [6.07, 6.45) is 4.25. The predicted molar refractivity (Wildman–Crippen MR) is 66.3 cm³/mol. The van der Waals surface area contributed by atoms with Gasteiger partial charge in [0.25, 0.3) is 0 Å². The molecular weight excluding hydrogens is 252 g/mol. The Morgan fingerprint density at radius 3 is 2.50 bits per heavy atom. The first kappa shape index (κ1) is 13.3. The number of hydrogen-bond acceptors (Lipinski definition) is 4. The van der Waals surface area contributed by atoms with Gasteiger partial charge in [-0.15, -0.1) is 0 Å². The largest absolute Gasteiger partial charge is 0.353 e. The normalized spacial score (nSPS) is 28.7. The number of nitrogens with zero attached hydrogens (tertiary/aromatic N) is 1. The third kappa shape index (κ3) is 2.37. The van der Waals surface area contributed by atoms with E-state index >= 15 is 0 Å². The van der Waals surface area contributed by atoms with Gasteiger partial charge in [0.15, 0.2) is 9.84 Å². The molecule has 0 aromatic heterocycles. The molecule has 0 aromatic rings. The molecule has 18 heavy (non-hydrogen) atoms. The van der Waals surface area contributed by atoms with Crippen LogP contribution in [0.15, 0.2) is 0 Å². The van der Waals surface area contributed by atoms with Gasteiger partial charge in [0.1, 0.15) is 5.41 Å². The van der Waals surface area contributed by atoms with E-state index in [1.807, 2.05) is 0 Å². The highest BCUT2D eigenvalue weighted by atomic mass is 32.2. The zero-order valence-corrected chi connectivity index (χ0v) is 11.1. The number of rotatable bonds is 3. The van der Waals surface area contributed by atoms with Crippen molar-refractivity contribution >= 4 is 15.7 Å². The minimum Gasteiger partial charge on any atom is -0.353 e. The van der Waals surface area contributed by atoms with Crippen LogP contribution in [0.25, 0.3) is 0 Å². The van der Waals surface area contributed by atoms with E-state index in [-0.39, 0.29) is 18.2 Å². The molecule has 1 aliphatic carbocycles. The summed E-state index contributed by atoms with van der Waals surface area (Å²) < 4.78 is 23.3. The van der Waals surface area contributed by atoms with E-state index in [4.69, 9.17) is 5.26 Å². The Morgan fingerprint density at radius 2 is 2.00 bits per heavy atom. The van der Waals surface area contributed by atoms with Crippen molar-refractivity contribution in [1.29, 1.82) is 5.26 Å². The molecule has 1 amide bonds. The summed E-state index contributed by atoms with van der Waals surface area (Å²) in [5.41, 5.74) is -0.914. The second kappa shape index (κ2) is 4.88. The van der Waals surface area contributed by atoms with Crippen LogP contribution in [0.3, 0.4) is 0 Å². The molecule has 0 bridgehead atoms. The van der Waals surface area contributed by atoms with Crippen molar-refractivity contribution < 1.29 is 13.2 Å². The minimum absolute atomic E-state index is 0.157. The van der Waals surface area contributed by atoms with Crippen LogP contribution < -0.4 is 5.32 Å². The van der Waals surface area contributed by atoms with Gasteiger partial charge in [-0.05, 0) is 25.7 Å². The summed E-state index contributed by atoms with van der Waals surface area (Å²) >= 11 is 0. The summed E-state index contributed by atoms with van der Waals surface area (Å²) in [6, 6.07) is 2.11. The van der Waals surface area contributed by atoms with Crippen molar-refractivity contribution in [3.8, 4) is 6.07 Å². The first-order valence-electron chi connectivity index (χ1n) is 6.41. The van der Waals surface area contributed by atoms with Crippen molar-refractivity contribution in [2.75, 3.05) is 12.3 Å². The average molecular weight is 270 g/mol. The van der Waals surface area contributed by atoms with Gasteiger partial charge in [0.2, 0.25) is 5.91 Å². The lowest BCUT2D eigenvalue weighted by Gasteiger charge is -2.20. The Labute approximate surface area is 107 Å². The smallest absolute Gasteiger partial charge is 0.240 e. The van der Waals surface area contributed by atoms with Crippen LogP contribution >= 0.6 is 0 Å². The monoisotopic (exact) mass is 270 g/mol. The number of amides is 1. The summed E-state index contributed by atoms with van der Waals surface area (Å²) in [7, 11) is -3.03. The van der Waals surface area contributed by atoms with E-state index in [0.717, 1.165) is 12.8 Å². The summed E-state index contributed by atoms with van der Waals surface area (Å²) in [4.78, 5) is 12.0. The Hall–Kier alpha value is -1.09. The number of carbonyl (C=O) groups is 1. The Morgan fingerprint density at radius 1 is 1.33 bits per heavy atom. The maximum absolute atomic E-state index is 12.0. The third-order valence-electron chi connectivity index (χ3n) is 4.06. The van der Waals surface area contributed by atoms with Crippen molar-refractivity contribution in [2.45, 2.75) is 43.8 Å². The molecular formula is C12H18N2O3S. The fourth-order valence-corrected chi connectivity index (χ4v) is 4.60. The zero-order valence-electron chi connectivity index (χ0n) is 10.3. The van der Waals surface area contributed by atoms with E-state index in [9.17, 15) is 13.2 Å². The fourth-order valence-electron chi connectivity index (χ4n) is 2.83. The first-order chi connectivity index (χ1) is 8.50. The van der Waals surface area contributed by atoms with Crippen LogP contribution in [0.1, 0.15) is 38.5 Å². The van der Waals surface area contributed by atoms with Gasteiger partial charge in [-0.2, -0.15) is 5.26 Å². The van der Waals surface area contributed by atoms with Crippen LogP contribution in [0.2, 0.25) is 0 Å². The maximum Gasteiger partial charge on any atom is 0.240 e. The highest BCUT2D eigenvalue weighted by Crippen LogP contribution is 2.37. The number of sulfone groups is 1. The molecule has 6 heteroatoms. The summed E-state index contributed by atoms with van der Waals surface area (Å²) in [5.74, 6) is -0.0682. The first-order valence-corrected chi connectivity index (χ1v) is 8.13. The molecule has 1 saturated heterocycles. The molecule has 2 fully saturated rings. The Kier molecular flexibility index (Phi) is 3.62. The van der Waals surface area contributed by atoms with E-state index < -0.39 is 20.5 Å². The molecule has 2 rings (SSSR count). The molecule has 1 N–H and O–H groups in total. The SMILES string of the molecule is N#CC1(C(=O)NCC2CCCS2(=O)=O)CCCC1. The molecule has 2 aliphatic rings. The van der Waals surface area contributed by atoms with Gasteiger partial charge in [0, 0.05) is 6.54 Å². The van der Waals surface area contributed by atoms with E-state index in [1.54, 1.807) is 0 Å². The molecule has 1 heterocycles. The van der Waals surface area contributed by atoms with Crippen molar-refractivity contribution in [3.63, 3.8) is 0 Å². The lowest BCUT2D eigenvalue weighted by Crippen LogP contribution is -2.42. The second-order valence-corrected chi connectivity index (χ2v) is 7.64. The lowest BCUT2D eigenvalue weighted by atomic mass is 9.87. The third-order valence-corrected chi connectivity index (χ3v) is 6.33. The quantitative estimate of drug-likeness (QED) is 0.820. The van der Waals surface area contributed by atoms with Crippen molar-refractivity contribution in [1.82, 2.24) is 5.32 Å². The van der Waals surface area contributed by atoms with Crippen LogP contribution in [-0.4, -0.2) is 31.9 Å². The highest BCUT2D eigenvalue weighted by molar-refractivity contribution is 7.92. The fraction of sp³-hybridized carbons (Fsp3) is 0.833. The predicted octanol–water partition coefficient (Wildman–Crippen LogP) is 0.764. The maximum atomic E-state index is 12.0. The Bertz CT molecular complexity index is 472. The van der Waals surface area contributed by atoms with Crippen LogP contribution in [0.5, 0.6) is 0 Å². The summed E-state index contributed by atoms with van der Waals surface area (Å²) in [5, 5.41) is 11.4. The van der Waals surface area contributed by atoms with Gasteiger partial charge in [-0.25, -0.2) is 8.42 Å². The van der Waals surface area contributed by atoms with Crippen LogP contribution in [0.4, 0.5) is 0 Å². The molecule has 5 nitrogen and oxygen atoms in total. The molecule has 0 spiro atoms. The van der Waals surface area contributed by atoms with E-state index in [1.165, 1.54) is 0 Å². The van der Waals surface area contributed by atoms with E-state index in [0.29, 0.717) is 25.7 Å². The van der Waals surface area contributed by atoms with Gasteiger partial charge in [-0.1, -0.05) is 12.8 Å². The van der Waals surface area contributed by atoms with Gasteiger partial charge in [0.05, 0.1) is 17.1 Å². The number of hydrogen-bond donors (Lipinski definition) is 1. The molecule has 1 atom stereocenters. The molecule has 1 saturated carbocycles. The molecule has 0 radical (unpaired) electrons. The Balaban J connectivity index is 1.95. The molecule has 100 valence electrons. The molecule has 0 aromatic carbocycles. The number of nitrogens with one attached hydrogen (secondary N) is 1. The second-order valence-electron chi connectivity index (χ2n) is 5.24. The molecule has 1 unspecified atom stereocenters. The summed E-state index contributed by atoms with van der Waals surface area (Å²) in [6.45, 7) is 0.157. The van der Waals surface area contributed by atoms with Gasteiger partial charge >= 0.3 is 0 Å². The average Bonchev–Trinajstić information content (AvgIpc) is 2.93. The molecule has 1 aliphatic heterocycles. The van der Waals surface area contributed by atoms with Gasteiger partial charge < -0.3 is 5.32 Å².